The Morgan fingerprint density at radius 1 is 0.708 bits per heavy atom. The Morgan fingerprint density at radius 3 is 1.67 bits per heavy atom. The smallest absolute Gasteiger partial charge is 0.186 e. The van der Waals surface area contributed by atoms with Crippen LogP contribution in [0.4, 0.5) is 11.4 Å². The average Bonchev–Trinajstić information content (AvgIpc) is 2.63. The van der Waals surface area contributed by atoms with Crippen LogP contribution in [0.1, 0.15) is 5.56 Å². The van der Waals surface area contributed by atoms with E-state index in [1.54, 1.807) is 0 Å². The number of aliphatic hydroxyl groups excluding tert-OH is 1. The van der Waals surface area contributed by atoms with Gasteiger partial charge in [-0.05, 0) is 54.4 Å². The van der Waals surface area contributed by atoms with Crippen LogP contribution in [0.2, 0.25) is 0 Å². The summed E-state index contributed by atoms with van der Waals surface area (Å²) in [6.07, 6.45) is 0. The molecule has 4 nitrogen and oxygen atoms in total. The van der Waals surface area contributed by atoms with Crippen LogP contribution in [0, 0.1) is 6.92 Å². The van der Waals surface area contributed by atoms with Crippen molar-refractivity contribution in [3.05, 3.63) is 78.4 Å². The van der Waals surface area contributed by atoms with E-state index in [0.29, 0.717) is 5.75 Å². The molecule has 120 valence electrons. The van der Waals surface area contributed by atoms with E-state index in [1.165, 1.54) is 5.56 Å². The lowest BCUT2D eigenvalue weighted by atomic mass is 10.1. The van der Waals surface area contributed by atoms with E-state index >= 15 is 0 Å². The molecule has 3 rings (SSSR count). The molecule has 3 aromatic carbocycles. The molecule has 0 atom stereocenters. The number of hydrogen-bond acceptors (Lipinski definition) is 4. The van der Waals surface area contributed by atoms with E-state index in [9.17, 15) is 0 Å². The average molecular weight is 318 g/mol. The molecule has 0 aliphatic rings. The maximum absolute atomic E-state index is 8.74. The molecule has 3 aromatic rings. The number of rotatable bonds is 5. The van der Waals surface area contributed by atoms with Crippen LogP contribution in [-0.2, 0) is 0 Å². The summed E-state index contributed by atoms with van der Waals surface area (Å²) in [6.45, 7) is 1.72. The summed E-state index contributed by atoms with van der Waals surface area (Å²) >= 11 is 0. The van der Waals surface area contributed by atoms with E-state index < -0.39 is 0 Å². The van der Waals surface area contributed by atoms with Gasteiger partial charge in [-0.2, -0.15) is 10.2 Å². The highest BCUT2D eigenvalue weighted by Gasteiger charge is 1.99. The highest BCUT2D eigenvalue weighted by atomic mass is 16.6. The molecule has 0 heterocycles. The molecular formula is C20H18N2O2. The molecule has 0 radical (unpaired) electrons. The molecule has 0 bridgehead atoms. The molecule has 0 unspecified atom stereocenters. The molecule has 0 saturated heterocycles. The number of aliphatic hydroxyl groups is 1. The van der Waals surface area contributed by atoms with Crippen LogP contribution in [0.25, 0.3) is 11.1 Å². The van der Waals surface area contributed by atoms with Crippen molar-refractivity contribution in [3.8, 4) is 16.9 Å². The number of ether oxygens (including phenoxy) is 1. The molecule has 0 spiro atoms. The Balaban J connectivity index is 1.71. The molecular weight excluding hydrogens is 300 g/mol. The molecule has 0 fully saturated rings. The Morgan fingerprint density at radius 2 is 1.17 bits per heavy atom. The van der Waals surface area contributed by atoms with Gasteiger partial charge in [0.2, 0.25) is 0 Å². The number of azo groups is 1. The van der Waals surface area contributed by atoms with Gasteiger partial charge in [-0.25, -0.2) is 0 Å². The second-order valence-corrected chi connectivity index (χ2v) is 5.38. The van der Waals surface area contributed by atoms with E-state index in [1.807, 2.05) is 79.7 Å². The lowest BCUT2D eigenvalue weighted by Crippen LogP contribution is -1.93. The van der Waals surface area contributed by atoms with Gasteiger partial charge in [0, 0.05) is 0 Å². The molecule has 0 amide bonds. The number of benzene rings is 3. The SMILES string of the molecule is Cc1ccc(N=Nc2ccc(-c3ccc(OCO)cc3)cc2)cc1. The molecule has 4 heteroatoms. The summed E-state index contributed by atoms with van der Waals surface area (Å²) < 4.78 is 5.03. The Labute approximate surface area is 141 Å². The van der Waals surface area contributed by atoms with E-state index in [-0.39, 0.29) is 6.79 Å². The van der Waals surface area contributed by atoms with Gasteiger partial charge in [-0.3, -0.25) is 0 Å². The monoisotopic (exact) mass is 318 g/mol. The van der Waals surface area contributed by atoms with Crippen LogP contribution in [0.15, 0.2) is 83.0 Å². The van der Waals surface area contributed by atoms with Crippen LogP contribution < -0.4 is 4.74 Å². The van der Waals surface area contributed by atoms with Gasteiger partial charge in [0.25, 0.3) is 0 Å². The zero-order valence-electron chi connectivity index (χ0n) is 13.4. The number of aryl methyl sites for hydroxylation is 1. The summed E-state index contributed by atoms with van der Waals surface area (Å²) in [6, 6.07) is 23.4. The fraction of sp³-hybridized carbons (Fsp3) is 0.100. The van der Waals surface area contributed by atoms with Gasteiger partial charge in [0.15, 0.2) is 6.79 Å². The van der Waals surface area contributed by atoms with Crippen LogP contribution in [0.5, 0.6) is 5.75 Å². The first-order valence-corrected chi connectivity index (χ1v) is 7.67. The van der Waals surface area contributed by atoms with Crippen molar-refractivity contribution < 1.29 is 9.84 Å². The second kappa shape index (κ2) is 7.53. The van der Waals surface area contributed by atoms with Gasteiger partial charge in [0.05, 0.1) is 11.4 Å². The highest BCUT2D eigenvalue weighted by Crippen LogP contribution is 2.25. The molecule has 0 aliphatic carbocycles. The molecule has 0 aliphatic heterocycles. The number of hydrogen-bond donors (Lipinski definition) is 1. The zero-order chi connectivity index (χ0) is 16.8. The van der Waals surface area contributed by atoms with E-state index in [4.69, 9.17) is 9.84 Å². The largest absolute Gasteiger partial charge is 0.468 e. The lowest BCUT2D eigenvalue weighted by molar-refractivity contribution is 0.0985. The van der Waals surface area contributed by atoms with Crippen molar-refractivity contribution in [1.82, 2.24) is 0 Å². The normalized spacial score (nSPS) is 10.9. The van der Waals surface area contributed by atoms with Crippen LogP contribution >= 0.6 is 0 Å². The van der Waals surface area contributed by atoms with Crippen LogP contribution in [0.3, 0.4) is 0 Å². The summed E-state index contributed by atoms with van der Waals surface area (Å²) in [5, 5.41) is 17.2. The minimum atomic E-state index is -0.319. The molecule has 0 aromatic heterocycles. The third-order valence-electron chi connectivity index (χ3n) is 3.60. The quantitative estimate of drug-likeness (QED) is 0.505. The maximum atomic E-state index is 8.74. The van der Waals surface area contributed by atoms with Gasteiger partial charge < -0.3 is 9.84 Å². The first kappa shape index (κ1) is 15.9. The Bertz CT molecular complexity index is 808. The molecule has 24 heavy (non-hydrogen) atoms. The van der Waals surface area contributed by atoms with E-state index in [2.05, 4.69) is 10.2 Å². The van der Waals surface area contributed by atoms with Crippen molar-refractivity contribution in [1.29, 1.82) is 0 Å². The first-order valence-electron chi connectivity index (χ1n) is 7.67. The van der Waals surface area contributed by atoms with Crippen molar-refractivity contribution in [2.75, 3.05) is 6.79 Å². The van der Waals surface area contributed by atoms with Gasteiger partial charge >= 0.3 is 0 Å². The second-order valence-electron chi connectivity index (χ2n) is 5.38. The highest BCUT2D eigenvalue weighted by molar-refractivity contribution is 5.66. The lowest BCUT2D eigenvalue weighted by Gasteiger charge is -2.05. The predicted octanol–water partition coefficient (Wildman–Crippen LogP) is 5.41. The van der Waals surface area contributed by atoms with Crippen molar-refractivity contribution in [2.24, 2.45) is 10.2 Å². The zero-order valence-corrected chi connectivity index (χ0v) is 13.4. The topological polar surface area (TPSA) is 54.2 Å². The minimum Gasteiger partial charge on any atom is -0.468 e. The third kappa shape index (κ3) is 4.06. The van der Waals surface area contributed by atoms with Gasteiger partial charge in [0.1, 0.15) is 5.75 Å². The Kier molecular flexibility index (Phi) is 4.99. The fourth-order valence-corrected chi connectivity index (χ4v) is 2.27. The van der Waals surface area contributed by atoms with Crippen molar-refractivity contribution >= 4 is 11.4 Å². The van der Waals surface area contributed by atoms with Gasteiger partial charge in [-0.1, -0.05) is 42.0 Å². The van der Waals surface area contributed by atoms with Crippen molar-refractivity contribution in [3.63, 3.8) is 0 Å². The van der Waals surface area contributed by atoms with Crippen molar-refractivity contribution in [2.45, 2.75) is 6.92 Å². The molecule has 0 saturated carbocycles. The van der Waals surface area contributed by atoms with Gasteiger partial charge in [-0.15, -0.1) is 0 Å². The first-order chi connectivity index (χ1) is 11.7. The molecule has 1 N–H and O–H groups in total. The summed E-state index contributed by atoms with van der Waals surface area (Å²) in [4.78, 5) is 0. The predicted molar refractivity (Wildman–Crippen MR) is 94.9 cm³/mol. The summed E-state index contributed by atoms with van der Waals surface area (Å²) in [5.41, 5.74) is 5.00. The van der Waals surface area contributed by atoms with E-state index in [0.717, 1.165) is 22.5 Å². The third-order valence-corrected chi connectivity index (χ3v) is 3.60. The summed E-state index contributed by atoms with van der Waals surface area (Å²) in [7, 11) is 0. The fourth-order valence-electron chi connectivity index (χ4n) is 2.27. The minimum absolute atomic E-state index is 0.319. The standard InChI is InChI=1S/C20H18N2O2/c1-15-2-8-18(9-3-15)21-22-19-10-4-16(5-11-19)17-6-12-20(13-7-17)24-14-23/h2-13,23H,14H2,1H3. The summed E-state index contributed by atoms with van der Waals surface area (Å²) in [5.74, 6) is 0.643. The maximum Gasteiger partial charge on any atom is 0.186 e. The number of nitrogens with zero attached hydrogens (tertiary/aromatic N) is 2. The van der Waals surface area contributed by atoms with Crippen LogP contribution in [-0.4, -0.2) is 11.9 Å². The Hall–Kier alpha value is -2.98.